The van der Waals surface area contributed by atoms with Crippen LogP contribution in [0.5, 0.6) is 0 Å². The Hall–Kier alpha value is -2.94. The lowest BCUT2D eigenvalue weighted by Crippen LogP contribution is -2.12. The molecule has 0 aliphatic carbocycles. The van der Waals surface area contributed by atoms with Crippen LogP contribution in [0.15, 0.2) is 28.9 Å². The second-order valence-corrected chi connectivity index (χ2v) is 4.10. The quantitative estimate of drug-likeness (QED) is 0.862. The molecule has 6 heteroatoms. The van der Waals surface area contributed by atoms with Crippen LogP contribution in [0.4, 0.5) is 5.88 Å². The molecule has 0 radical (unpaired) electrons. The second-order valence-electron chi connectivity index (χ2n) is 4.10. The summed E-state index contributed by atoms with van der Waals surface area (Å²) in [7, 11) is 0. The van der Waals surface area contributed by atoms with Crippen LogP contribution in [0.1, 0.15) is 39.0 Å². The minimum Gasteiger partial charge on any atom is -0.443 e. The summed E-state index contributed by atoms with van der Waals surface area (Å²) in [6, 6.07) is 4.94. The van der Waals surface area contributed by atoms with E-state index in [0.717, 1.165) is 0 Å². The van der Waals surface area contributed by atoms with E-state index in [0.29, 0.717) is 11.3 Å². The first-order valence-corrected chi connectivity index (χ1v) is 5.80. The van der Waals surface area contributed by atoms with Gasteiger partial charge in [0.2, 0.25) is 5.88 Å². The molecule has 2 rings (SSSR count). The third-order valence-corrected chi connectivity index (χ3v) is 2.72. The van der Waals surface area contributed by atoms with Crippen molar-refractivity contribution >= 4 is 17.6 Å². The first kappa shape index (κ1) is 13.5. The van der Waals surface area contributed by atoms with E-state index in [9.17, 15) is 9.59 Å². The zero-order valence-electron chi connectivity index (χ0n) is 10.9. The van der Waals surface area contributed by atoms with E-state index >= 15 is 0 Å². The predicted octanol–water partition coefficient (Wildman–Crippen LogP) is 2.31. The molecule has 6 nitrogen and oxygen atoms in total. The van der Waals surface area contributed by atoms with Gasteiger partial charge in [-0.25, -0.2) is 0 Å². The first-order chi connectivity index (χ1) is 9.54. The number of Topliss-reactive ketones (excluding diaryl/α,β-unsaturated/α-hetero) is 1. The van der Waals surface area contributed by atoms with Crippen molar-refractivity contribution in [3.63, 3.8) is 0 Å². The molecule has 0 bridgehead atoms. The molecular weight excluding hydrogens is 258 g/mol. The molecule has 20 heavy (non-hydrogen) atoms. The number of nitrogens with one attached hydrogen (secondary N) is 1. The maximum Gasteiger partial charge on any atom is 0.258 e. The Morgan fingerprint density at radius 1 is 1.35 bits per heavy atom. The Balaban J connectivity index is 2.36. The molecule has 0 aromatic carbocycles. The van der Waals surface area contributed by atoms with E-state index in [1.54, 1.807) is 6.92 Å². The topological polar surface area (TPSA) is 96.0 Å². The molecule has 0 saturated heterocycles. The van der Waals surface area contributed by atoms with Crippen LogP contribution >= 0.6 is 0 Å². The van der Waals surface area contributed by atoms with Gasteiger partial charge in [-0.2, -0.15) is 5.26 Å². The lowest BCUT2D eigenvalue weighted by Gasteiger charge is -2.01. The number of aryl methyl sites for hydroxylation is 1. The average Bonchev–Trinajstić information content (AvgIpc) is 2.75. The Morgan fingerprint density at radius 2 is 2.00 bits per heavy atom. The second kappa shape index (κ2) is 5.36. The number of amides is 1. The van der Waals surface area contributed by atoms with Gasteiger partial charge in [0.1, 0.15) is 17.4 Å². The summed E-state index contributed by atoms with van der Waals surface area (Å²) in [6.07, 6.45) is 2.96. The van der Waals surface area contributed by atoms with Crippen LogP contribution in [-0.2, 0) is 0 Å². The van der Waals surface area contributed by atoms with Crippen molar-refractivity contribution in [2.45, 2.75) is 13.8 Å². The zero-order chi connectivity index (χ0) is 14.7. The summed E-state index contributed by atoms with van der Waals surface area (Å²) >= 11 is 0. The molecule has 0 aliphatic rings. The summed E-state index contributed by atoms with van der Waals surface area (Å²) in [5, 5.41) is 11.6. The molecule has 2 aromatic rings. The molecule has 0 spiro atoms. The van der Waals surface area contributed by atoms with E-state index < -0.39 is 5.91 Å². The molecule has 0 fully saturated rings. The third-order valence-electron chi connectivity index (χ3n) is 2.72. The molecule has 2 aromatic heterocycles. The SMILES string of the molecule is CC(=O)c1c(C)oc(NC(=O)c2ccncc2)c1C#N. The Kier molecular flexibility index (Phi) is 3.62. The minimum absolute atomic E-state index is 0.0167. The highest BCUT2D eigenvalue weighted by Gasteiger charge is 2.22. The molecule has 0 atom stereocenters. The van der Waals surface area contributed by atoms with Crippen molar-refractivity contribution in [2.75, 3.05) is 5.32 Å². The van der Waals surface area contributed by atoms with Gasteiger partial charge in [-0.3, -0.25) is 19.9 Å². The van der Waals surface area contributed by atoms with Gasteiger partial charge >= 0.3 is 0 Å². The van der Waals surface area contributed by atoms with Gasteiger partial charge in [0.15, 0.2) is 5.78 Å². The summed E-state index contributed by atoms with van der Waals surface area (Å²) in [6.45, 7) is 2.91. The van der Waals surface area contributed by atoms with Crippen molar-refractivity contribution in [3.05, 3.63) is 47.0 Å². The number of hydrogen-bond acceptors (Lipinski definition) is 5. The van der Waals surface area contributed by atoms with Gasteiger partial charge in [0.05, 0.1) is 5.56 Å². The molecule has 1 N–H and O–H groups in total. The van der Waals surface area contributed by atoms with Crippen molar-refractivity contribution in [1.29, 1.82) is 5.26 Å². The largest absolute Gasteiger partial charge is 0.443 e. The lowest BCUT2D eigenvalue weighted by molar-refractivity contribution is 0.101. The summed E-state index contributed by atoms with van der Waals surface area (Å²) in [5.74, 6) is -0.434. The number of anilines is 1. The van der Waals surface area contributed by atoms with E-state index in [-0.39, 0.29) is 22.8 Å². The number of carbonyl (C=O) groups excluding carboxylic acids is 2. The van der Waals surface area contributed by atoms with Crippen LogP contribution < -0.4 is 5.32 Å². The lowest BCUT2D eigenvalue weighted by atomic mass is 10.1. The Labute approximate surface area is 115 Å². The van der Waals surface area contributed by atoms with E-state index in [1.165, 1.54) is 31.5 Å². The van der Waals surface area contributed by atoms with Crippen molar-refractivity contribution in [2.24, 2.45) is 0 Å². The number of pyridine rings is 1. The molecule has 2 heterocycles. The van der Waals surface area contributed by atoms with Crippen LogP contribution in [0.25, 0.3) is 0 Å². The van der Waals surface area contributed by atoms with Crippen molar-refractivity contribution in [1.82, 2.24) is 4.98 Å². The number of carbonyl (C=O) groups is 2. The van der Waals surface area contributed by atoms with E-state index in [4.69, 9.17) is 9.68 Å². The highest BCUT2D eigenvalue weighted by molar-refractivity contribution is 6.06. The highest BCUT2D eigenvalue weighted by atomic mass is 16.4. The number of aromatic nitrogens is 1. The van der Waals surface area contributed by atoms with E-state index in [2.05, 4.69) is 10.3 Å². The van der Waals surface area contributed by atoms with Gasteiger partial charge < -0.3 is 4.42 Å². The standard InChI is InChI=1S/C14H11N3O3/c1-8(18)12-9(2)20-14(11(12)7-15)17-13(19)10-3-5-16-6-4-10/h3-6H,1-2H3,(H,17,19). The molecule has 1 amide bonds. The van der Waals surface area contributed by atoms with Gasteiger partial charge in [-0.1, -0.05) is 0 Å². The number of furan rings is 1. The third kappa shape index (κ3) is 2.42. The van der Waals surface area contributed by atoms with Crippen LogP contribution in [-0.4, -0.2) is 16.7 Å². The molecule has 0 saturated carbocycles. The van der Waals surface area contributed by atoms with Gasteiger partial charge in [0, 0.05) is 18.0 Å². The fourth-order valence-corrected chi connectivity index (χ4v) is 1.84. The average molecular weight is 269 g/mol. The maximum absolute atomic E-state index is 12.0. The maximum atomic E-state index is 12.0. The van der Waals surface area contributed by atoms with Crippen LogP contribution in [0.3, 0.4) is 0 Å². The monoisotopic (exact) mass is 269 g/mol. The van der Waals surface area contributed by atoms with Crippen LogP contribution in [0, 0.1) is 18.3 Å². The number of nitrogens with zero attached hydrogens (tertiary/aromatic N) is 2. The molecule has 100 valence electrons. The highest BCUT2D eigenvalue weighted by Crippen LogP contribution is 2.27. The Morgan fingerprint density at radius 3 is 2.55 bits per heavy atom. The molecule has 0 aliphatic heterocycles. The van der Waals surface area contributed by atoms with E-state index in [1.807, 2.05) is 6.07 Å². The summed E-state index contributed by atoms with van der Waals surface area (Å²) in [4.78, 5) is 27.3. The number of rotatable bonds is 3. The molecule has 0 unspecified atom stereocenters. The Bertz CT molecular complexity index is 711. The summed E-state index contributed by atoms with van der Waals surface area (Å²) in [5.41, 5.74) is 0.609. The fourth-order valence-electron chi connectivity index (χ4n) is 1.84. The zero-order valence-corrected chi connectivity index (χ0v) is 10.9. The predicted molar refractivity (Wildman–Crippen MR) is 70.4 cm³/mol. The fraction of sp³-hybridized carbons (Fsp3) is 0.143. The first-order valence-electron chi connectivity index (χ1n) is 5.80. The van der Waals surface area contributed by atoms with Crippen molar-refractivity contribution in [3.8, 4) is 6.07 Å². The smallest absolute Gasteiger partial charge is 0.258 e. The summed E-state index contributed by atoms with van der Waals surface area (Å²) < 4.78 is 5.30. The minimum atomic E-state index is -0.437. The number of ketones is 1. The molecular formula is C14H11N3O3. The van der Waals surface area contributed by atoms with Crippen molar-refractivity contribution < 1.29 is 14.0 Å². The van der Waals surface area contributed by atoms with Gasteiger partial charge in [-0.05, 0) is 26.0 Å². The van der Waals surface area contributed by atoms with Gasteiger partial charge in [-0.15, -0.1) is 0 Å². The number of nitriles is 1. The van der Waals surface area contributed by atoms with Gasteiger partial charge in [0.25, 0.3) is 5.91 Å². The van der Waals surface area contributed by atoms with Crippen LogP contribution in [0.2, 0.25) is 0 Å². The number of hydrogen-bond donors (Lipinski definition) is 1. The normalized spacial score (nSPS) is 9.85.